The van der Waals surface area contributed by atoms with Crippen molar-refractivity contribution in [2.75, 3.05) is 131 Å². The number of phenols is 1. The fraction of sp³-hybridized carbons (Fsp3) is 0.407. The zero-order valence-electron chi connectivity index (χ0n) is 47.4. The van der Waals surface area contributed by atoms with Gasteiger partial charge in [-0.15, -0.1) is 0 Å². The van der Waals surface area contributed by atoms with Crippen molar-refractivity contribution in [2.45, 2.75) is 12.1 Å². The summed E-state index contributed by atoms with van der Waals surface area (Å²) in [5.74, 6) is -11.7. The van der Waals surface area contributed by atoms with Crippen molar-refractivity contribution in [3.05, 3.63) is 97.1 Å². The summed E-state index contributed by atoms with van der Waals surface area (Å²) in [5.41, 5.74) is 2.94. The molecule has 4 aromatic rings. The van der Waals surface area contributed by atoms with Gasteiger partial charge in [-0.2, -0.15) is 0 Å². The molecule has 0 aliphatic carbocycles. The van der Waals surface area contributed by atoms with Crippen LogP contribution in [0.1, 0.15) is 0 Å². The summed E-state index contributed by atoms with van der Waals surface area (Å²) < 4.78 is 26.8. The van der Waals surface area contributed by atoms with Gasteiger partial charge in [-0.1, -0.05) is 48.5 Å². The quantitative estimate of drug-likeness (QED) is 0.0244. The number of hydrogen-bond donors (Lipinski definition) is 1. The summed E-state index contributed by atoms with van der Waals surface area (Å²) in [6.45, 7) is -8.74. The average Bonchev–Trinajstić information content (AvgIpc) is 2.19. The average molecular weight is 1570 g/mol. The minimum Gasteiger partial charge on any atom is -0.780 e. The van der Waals surface area contributed by atoms with Crippen molar-refractivity contribution in [1.82, 2.24) is 29.4 Å². The molecular weight excluding hydrogens is 1510 g/mol. The zero-order chi connectivity index (χ0) is 65.3. The molecule has 0 heterocycles. The van der Waals surface area contributed by atoms with Gasteiger partial charge in [-0.3, -0.25) is 29.4 Å². The Morgan fingerprint density at radius 3 is 0.911 bits per heavy atom. The van der Waals surface area contributed by atoms with Crippen LogP contribution in [0.25, 0.3) is 22.3 Å². The van der Waals surface area contributed by atoms with Crippen LogP contribution in [0.5, 0.6) is 23.0 Å². The van der Waals surface area contributed by atoms with E-state index in [9.17, 15) is 109 Å². The number of phenolic OH excluding ortho intramolecular Hbond substituents is 1. The second-order valence-corrected chi connectivity index (χ2v) is 20.1. The molecule has 0 aromatic heterocycles. The van der Waals surface area contributed by atoms with Gasteiger partial charge in [0.2, 0.25) is 0 Å². The Balaban J connectivity index is 0.000000884. The van der Waals surface area contributed by atoms with E-state index in [4.69, 9.17) is 9.47 Å². The number of ether oxygens (including phenoxy) is 2. The number of carbonyl (C=O) groups excluding carboxylic acids is 8. The summed E-state index contributed by atoms with van der Waals surface area (Å²) >= 11 is 0. The van der Waals surface area contributed by atoms with E-state index in [1.165, 1.54) is 56.0 Å². The Morgan fingerprint density at radius 1 is 0.389 bits per heavy atom. The van der Waals surface area contributed by atoms with Gasteiger partial charge in [-0.05, 0) is 70.8 Å². The molecule has 90 heavy (non-hydrogen) atoms. The molecule has 0 bridgehead atoms. The number of carboxylic acid groups (broad SMARTS) is 8. The van der Waals surface area contributed by atoms with E-state index in [0.717, 1.165) is 20.9 Å². The van der Waals surface area contributed by atoms with Crippen molar-refractivity contribution in [3.8, 4) is 45.3 Å². The van der Waals surface area contributed by atoms with E-state index < -0.39 is 133 Å². The molecule has 36 heteroatoms. The van der Waals surface area contributed by atoms with Gasteiger partial charge in [0.25, 0.3) is 0 Å². The van der Waals surface area contributed by atoms with Crippen LogP contribution in [0.3, 0.4) is 0 Å². The molecule has 2 atom stereocenters. The molecule has 33 nitrogen and oxygen atoms in total. The number of carboxylic acids is 8. The van der Waals surface area contributed by atoms with E-state index in [2.05, 4.69) is 14.3 Å². The molecule has 0 fully saturated rings. The predicted molar refractivity (Wildman–Crippen MR) is 273 cm³/mol. The van der Waals surface area contributed by atoms with Gasteiger partial charge < -0.3 is 133 Å². The normalized spacial score (nSPS) is 11.9. The van der Waals surface area contributed by atoms with Crippen LogP contribution in [-0.4, -0.2) is 225 Å². The minimum atomic E-state index is -5.22. The smallest absolute Gasteiger partial charge is 0.780 e. The SMILES string of the molecule is O=C([O-])CN(CCN(CC(=O)[O-])CC(COc1ccc(-c2ccc(O)cc2)cc1)N(CCO[O-])CC(=O)[O-])CC(=O)[O-].O=C([O-])CN(CCN(CC(=O)[O-])CC(COc1ccc(-c2ccc(OP(=O)([O-])[O-])cc2)cc1)N(CCO[O-])CC(=O)[O-])CC(=O)[O-].[Gd+3].[Gd+3]. The number of carbonyl (C=O) groups is 8. The molecule has 0 amide bonds. The van der Waals surface area contributed by atoms with E-state index in [1.807, 2.05) is 0 Å². The molecule has 2 unspecified atom stereocenters. The number of hydrogen-bond acceptors (Lipinski definition) is 33. The number of phosphoric acid groups is 1. The Bertz CT molecular complexity index is 2870. The third kappa shape index (κ3) is 35.7. The third-order valence-electron chi connectivity index (χ3n) is 12.3. The molecule has 0 saturated heterocycles. The summed E-state index contributed by atoms with van der Waals surface area (Å²) in [4.78, 5) is 126. The Hall–Kier alpha value is -5.76. The van der Waals surface area contributed by atoms with Gasteiger partial charge >= 0.3 is 79.9 Å². The van der Waals surface area contributed by atoms with Gasteiger partial charge in [-0.25, -0.2) is 0 Å². The summed E-state index contributed by atoms with van der Waals surface area (Å²) in [6.07, 6.45) is 0. The van der Waals surface area contributed by atoms with Crippen molar-refractivity contribution >= 4 is 55.6 Å². The maximum atomic E-state index is 11.5. The van der Waals surface area contributed by atoms with Crippen LogP contribution in [0.4, 0.5) is 0 Å². The number of benzene rings is 4. The maximum absolute atomic E-state index is 11.5. The first-order chi connectivity index (χ1) is 41.6. The molecule has 2 radical (unpaired) electrons. The first-order valence-electron chi connectivity index (χ1n) is 26.1. The van der Waals surface area contributed by atoms with Crippen LogP contribution in [0, 0.1) is 79.9 Å². The van der Waals surface area contributed by atoms with Gasteiger partial charge in [0.05, 0.1) is 59.8 Å². The number of aliphatic carboxylic acids is 8. The van der Waals surface area contributed by atoms with Gasteiger partial charge in [0.1, 0.15) is 44.0 Å². The Kier molecular flexibility index (Phi) is 40.1. The minimum absolute atomic E-state index is 0. The molecule has 4 aromatic carbocycles. The van der Waals surface area contributed by atoms with Crippen molar-refractivity contribution < 1.29 is 213 Å². The molecule has 0 saturated carbocycles. The first-order valence-corrected chi connectivity index (χ1v) is 27.6. The largest absolute Gasteiger partial charge is 3.00 e. The predicted octanol–water partition coefficient (Wildman–Crippen LogP) is -13.5. The van der Waals surface area contributed by atoms with Crippen LogP contribution in [-0.2, 0) is 52.7 Å². The molecule has 0 aliphatic rings. The summed E-state index contributed by atoms with van der Waals surface area (Å²) in [7, 11) is -5.22. The van der Waals surface area contributed by atoms with Crippen molar-refractivity contribution in [2.24, 2.45) is 0 Å². The monoisotopic (exact) mass is 1570 g/mol. The zero-order valence-corrected chi connectivity index (χ0v) is 52.9. The molecule has 494 valence electrons. The van der Waals surface area contributed by atoms with Crippen LogP contribution in [0.2, 0.25) is 0 Å². The van der Waals surface area contributed by atoms with Crippen LogP contribution in [0.15, 0.2) is 97.1 Å². The van der Waals surface area contributed by atoms with Gasteiger partial charge in [0.15, 0.2) is 0 Å². The molecule has 0 spiro atoms. The number of rotatable bonds is 44. The standard InChI is InChI=1S/C27H36N3O15P.C27H35N3O12.2Gd/c31-24(32)14-28(9-10-29(15-25(33)34)16-26(35)36)13-21(30(11-12-44-39)17-27(37)38)18-43-22-5-1-19(2-6-22)20-3-7-23(8-4-20)45-46(40,41)42;31-22-5-1-19(2-6-22)20-3-7-23(8-4-20)41-18-21(30(11-12-42-40)17-27(38)39)13-28(14-24(32)33)9-10-29(15-25(34)35)16-26(36)37;;/h1-8,21,39H,9-18H2,(H,31,32)(H,33,34)(H,35,36)(H,37,38)(H2,40,41,42);1-8,21,31,40H,9-18H2,(H,32,33)(H,34,35)(H,36,37)(H,38,39);;/q;;2*+3/p-12. The van der Waals surface area contributed by atoms with Crippen LogP contribution >= 0.6 is 7.82 Å². The molecule has 0 aliphatic heterocycles. The van der Waals surface area contributed by atoms with E-state index in [-0.39, 0.29) is 157 Å². The second-order valence-electron chi connectivity index (χ2n) is 19.0. The molecule has 1 N–H and O–H groups in total. The van der Waals surface area contributed by atoms with Crippen molar-refractivity contribution in [3.63, 3.8) is 0 Å². The molecular formula is C54H59Gd2N6O27P-6. The van der Waals surface area contributed by atoms with E-state index in [1.54, 1.807) is 60.7 Å². The second kappa shape index (κ2) is 43.9. The number of aromatic hydroxyl groups is 1. The van der Waals surface area contributed by atoms with E-state index in [0.29, 0.717) is 22.6 Å². The summed E-state index contributed by atoms with van der Waals surface area (Å²) in [5, 5.41) is 121. The van der Waals surface area contributed by atoms with Crippen molar-refractivity contribution in [1.29, 1.82) is 0 Å². The topological polar surface area (TPSA) is 516 Å². The Labute approximate surface area is 578 Å². The fourth-order valence-corrected chi connectivity index (χ4v) is 8.87. The van der Waals surface area contributed by atoms with Crippen LogP contribution < -0.4 is 75.2 Å². The van der Waals surface area contributed by atoms with Gasteiger partial charge in [0, 0.05) is 118 Å². The first kappa shape index (κ1) is 82.3. The maximum Gasteiger partial charge on any atom is 3.00 e. The number of phosphoric ester groups is 1. The third-order valence-corrected chi connectivity index (χ3v) is 12.8. The van der Waals surface area contributed by atoms with E-state index >= 15 is 0 Å². The molecule has 4 rings (SSSR count). The summed E-state index contributed by atoms with van der Waals surface area (Å²) in [6, 6.07) is 23.6. The fourth-order valence-electron chi connectivity index (χ4n) is 8.49. The Morgan fingerprint density at radius 2 is 0.644 bits per heavy atom. The number of nitrogens with zero attached hydrogens (tertiary/aromatic N) is 6.